The highest BCUT2D eigenvalue weighted by atomic mass is 16.2. The third-order valence-corrected chi connectivity index (χ3v) is 7.63. The molecule has 0 radical (unpaired) electrons. The van der Waals surface area contributed by atoms with Crippen molar-refractivity contribution in [3.63, 3.8) is 0 Å². The van der Waals surface area contributed by atoms with E-state index in [0.29, 0.717) is 23.6 Å². The third-order valence-electron chi connectivity index (χ3n) is 7.63. The number of hydrogen-bond donors (Lipinski definition) is 3. The Morgan fingerprint density at radius 1 is 0.950 bits per heavy atom. The Hall–Kier alpha value is -4.43. The Labute approximate surface area is 234 Å². The lowest BCUT2D eigenvalue weighted by molar-refractivity contribution is 0.0965. The topological polar surface area (TPSA) is 91.3 Å². The molecule has 6 rings (SSSR count). The summed E-state index contributed by atoms with van der Waals surface area (Å²) in [5.41, 5.74) is 8.53. The number of hydrogen-bond acceptors (Lipinski definition) is 4. The number of aromatic nitrogens is 2. The zero-order valence-electron chi connectivity index (χ0n) is 23.3. The molecule has 3 heterocycles. The van der Waals surface area contributed by atoms with E-state index < -0.39 is 0 Å². The Balaban J connectivity index is 1.26. The third kappa shape index (κ3) is 4.98. The minimum absolute atomic E-state index is 0.0528. The first kappa shape index (κ1) is 25.8. The average molecular weight is 535 g/mol. The summed E-state index contributed by atoms with van der Waals surface area (Å²) < 4.78 is 1.83. The van der Waals surface area contributed by atoms with Gasteiger partial charge in [-0.15, -0.1) is 0 Å². The summed E-state index contributed by atoms with van der Waals surface area (Å²) in [6.07, 6.45) is 0.988. The predicted molar refractivity (Wildman–Crippen MR) is 158 cm³/mol. The van der Waals surface area contributed by atoms with Gasteiger partial charge in [0.2, 0.25) is 0 Å². The fraction of sp³-hybridized carbons (Fsp3) is 0.281. The highest BCUT2D eigenvalue weighted by Gasteiger charge is 2.24. The lowest BCUT2D eigenvalue weighted by Crippen LogP contribution is -2.26. The second kappa shape index (κ2) is 9.95. The number of fused-ring (bicyclic) bond motifs is 2. The zero-order chi connectivity index (χ0) is 28.0. The second-order valence-corrected chi connectivity index (χ2v) is 11.7. The van der Waals surface area contributed by atoms with Crippen molar-refractivity contribution in [3.05, 3.63) is 94.7 Å². The molecule has 2 aliphatic heterocycles. The van der Waals surface area contributed by atoms with Gasteiger partial charge in [0.05, 0.1) is 11.4 Å². The summed E-state index contributed by atoms with van der Waals surface area (Å²) in [5, 5.41) is 13.8. The van der Waals surface area contributed by atoms with Crippen LogP contribution in [0.15, 0.2) is 66.7 Å². The number of anilines is 2. The minimum Gasteiger partial charge on any atom is -0.348 e. The normalized spacial score (nSPS) is 14.8. The predicted octanol–water partition coefficient (Wildman–Crippen LogP) is 5.71. The van der Waals surface area contributed by atoms with Gasteiger partial charge in [0.15, 0.2) is 0 Å². The van der Waals surface area contributed by atoms with E-state index >= 15 is 0 Å². The molecule has 0 unspecified atom stereocenters. The van der Waals surface area contributed by atoms with E-state index in [1.54, 1.807) is 0 Å². The van der Waals surface area contributed by atoms with E-state index in [1.807, 2.05) is 53.2 Å². The fourth-order valence-electron chi connectivity index (χ4n) is 5.41. The Morgan fingerprint density at radius 2 is 1.75 bits per heavy atom. The molecule has 3 amide bonds. The molecule has 1 aromatic heterocycles. The molecular weight excluding hydrogens is 500 g/mol. The molecule has 8 nitrogen and oxygen atoms in total. The summed E-state index contributed by atoms with van der Waals surface area (Å²) in [4.78, 5) is 27.7. The molecule has 4 aromatic rings. The van der Waals surface area contributed by atoms with Crippen molar-refractivity contribution in [2.24, 2.45) is 0 Å². The van der Waals surface area contributed by atoms with Crippen molar-refractivity contribution in [1.82, 2.24) is 20.0 Å². The number of rotatable bonds is 4. The standard InChI is InChI=1S/C32H34N6O2/c1-32(2,3)28-17-29(38(36-28)24-12-11-22-19-37(4)14-13-20(22)16-24)35-31(40)34-23-8-5-7-21(15-23)25-9-6-10-26-27(25)18-33-30(26)39/h5-12,15-17H,13-14,18-19H2,1-4H3,(H,33,39)(H2,34,35,40). The molecule has 0 saturated heterocycles. The SMILES string of the molecule is CN1CCc2cc(-n3nc(C(C)(C)C)cc3NC(=O)Nc3cccc(-c4cccc5c4CNC5=O)c3)ccc2C1. The number of urea groups is 1. The number of carbonyl (C=O) groups is 2. The first-order valence-electron chi connectivity index (χ1n) is 13.7. The maximum atomic E-state index is 13.2. The van der Waals surface area contributed by atoms with Crippen LogP contribution in [-0.4, -0.2) is 40.2 Å². The quantitative estimate of drug-likeness (QED) is 0.313. The van der Waals surface area contributed by atoms with Crippen LogP contribution in [0.2, 0.25) is 0 Å². The van der Waals surface area contributed by atoms with Crippen molar-refractivity contribution in [3.8, 4) is 16.8 Å². The lowest BCUT2D eigenvalue weighted by atomic mass is 9.92. The molecule has 2 aliphatic rings. The second-order valence-electron chi connectivity index (χ2n) is 11.7. The molecule has 0 atom stereocenters. The number of likely N-dealkylation sites (N-methyl/N-ethyl adjacent to an activating group) is 1. The van der Waals surface area contributed by atoms with Crippen LogP contribution in [0.1, 0.15) is 53.5 Å². The van der Waals surface area contributed by atoms with Crippen molar-refractivity contribution in [2.45, 2.75) is 45.7 Å². The number of amides is 3. The summed E-state index contributed by atoms with van der Waals surface area (Å²) in [5.74, 6) is 0.555. The summed E-state index contributed by atoms with van der Waals surface area (Å²) in [6, 6.07) is 21.4. The van der Waals surface area contributed by atoms with Gasteiger partial charge in [-0.3, -0.25) is 10.1 Å². The van der Waals surface area contributed by atoms with Crippen LogP contribution in [0.4, 0.5) is 16.3 Å². The zero-order valence-corrected chi connectivity index (χ0v) is 23.3. The molecule has 3 N–H and O–H groups in total. The van der Waals surface area contributed by atoms with E-state index in [4.69, 9.17) is 5.10 Å². The Bertz CT molecular complexity index is 1630. The molecule has 0 spiro atoms. The van der Waals surface area contributed by atoms with Gasteiger partial charge in [-0.05, 0) is 71.6 Å². The van der Waals surface area contributed by atoms with Crippen LogP contribution >= 0.6 is 0 Å². The van der Waals surface area contributed by atoms with Crippen molar-refractivity contribution >= 4 is 23.4 Å². The van der Waals surface area contributed by atoms with Gasteiger partial charge in [0.1, 0.15) is 5.82 Å². The number of nitrogens with zero attached hydrogens (tertiary/aromatic N) is 3. The smallest absolute Gasteiger partial charge is 0.324 e. The van der Waals surface area contributed by atoms with Gasteiger partial charge in [0, 0.05) is 42.4 Å². The van der Waals surface area contributed by atoms with Gasteiger partial charge in [-0.25, -0.2) is 9.48 Å². The van der Waals surface area contributed by atoms with E-state index in [2.05, 4.69) is 66.9 Å². The van der Waals surface area contributed by atoms with Gasteiger partial charge in [0.25, 0.3) is 5.91 Å². The fourth-order valence-corrected chi connectivity index (χ4v) is 5.41. The molecule has 204 valence electrons. The van der Waals surface area contributed by atoms with E-state index in [-0.39, 0.29) is 17.4 Å². The molecule has 0 aliphatic carbocycles. The van der Waals surface area contributed by atoms with Crippen LogP contribution in [0.3, 0.4) is 0 Å². The Kier molecular flexibility index (Phi) is 6.43. The van der Waals surface area contributed by atoms with Crippen molar-refractivity contribution in [1.29, 1.82) is 0 Å². The maximum Gasteiger partial charge on any atom is 0.324 e. The molecule has 0 bridgehead atoms. The van der Waals surface area contributed by atoms with Crippen molar-refractivity contribution < 1.29 is 9.59 Å². The molecule has 0 fully saturated rings. The van der Waals surface area contributed by atoms with Gasteiger partial charge < -0.3 is 15.5 Å². The van der Waals surface area contributed by atoms with Crippen LogP contribution in [0, 0.1) is 0 Å². The molecule has 8 heteroatoms. The van der Waals surface area contributed by atoms with Crippen LogP contribution in [0.25, 0.3) is 16.8 Å². The monoisotopic (exact) mass is 534 g/mol. The Morgan fingerprint density at radius 3 is 2.58 bits per heavy atom. The highest BCUT2D eigenvalue weighted by molar-refractivity contribution is 6.01. The molecule has 3 aromatic carbocycles. The molecular formula is C32H34N6O2. The first-order valence-corrected chi connectivity index (χ1v) is 13.7. The average Bonchev–Trinajstić information content (AvgIpc) is 3.52. The number of benzene rings is 3. The minimum atomic E-state index is -0.353. The molecule has 40 heavy (non-hydrogen) atoms. The summed E-state index contributed by atoms with van der Waals surface area (Å²) >= 11 is 0. The molecule has 0 saturated carbocycles. The lowest BCUT2D eigenvalue weighted by Gasteiger charge is -2.25. The van der Waals surface area contributed by atoms with Crippen LogP contribution in [0.5, 0.6) is 0 Å². The van der Waals surface area contributed by atoms with Crippen LogP contribution in [-0.2, 0) is 24.9 Å². The van der Waals surface area contributed by atoms with Gasteiger partial charge in [-0.1, -0.05) is 51.1 Å². The van der Waals surface area contributed by atoms with E-state index in [0.717, 1.165) is 47.6 Å². The largest absolute Gasteiger partial charge is 0.348 e. The van der Waals surface area contributed by atoms with Crippen molar-refractivity contribution in [2.75, 3.05) is 24.2 Å². The van der Waals surface area contributed by atoms with Gasteiger partial charge in [-0.2, -0.15) is 5.10 Å². The van der Waals surface area contributed by atoms with Gasteiger partial charge >= 0.3 is 6.03 Å². The van der Waals surface area contributed by atoms with E-state index in [9.17, 15) is 9.59 Å². The maximum absolute atomic E-state index is 13.2. The van der Waals surface area contributed by atoms with Crippen LogP contribution < -0.4 is 16.0 Å². The number of nitrogens with one attached hydrogen (secondary N) is 3. The number of carbonyl (C=O) groups excluding carboxylic acids is 2. The summed E-state index contributed by atoms with van der Waals surface area (Å²) in [7, 11) is 2.14. The van der Waals surface area contributed by atoms with E-state index in [1.165, 1.54) is 11.1 Å². The first-order chi connectivity index (χ1) is 19.2. The highest BCUT2D eigenvalue weighted by Crippen LogP contribution is 2.31. The summed E-state index contributed by atoms with van der Waals surface area (Å²) in [6.45, 7) is 8.80.